The Morgan fingerprint density at radius 1 is 1.23 bits per heavy atom. The summed E-state index contributed by atoms with van der Waals surface area (Å²) in [6.45, 7) is 3.09. The molecule has 2 aromatic rings. The van der Waals surface area contributed by atoms with Crippen molar-refractivity contribution in [3.8, 4) is 11.5 Å². The molecule has 3 rings (SSSR count). The SMILES string of the molecule is COc1cc(C(C)NC(=O)C2CCCO2)ccc1OCc1ccccc1. The van der Waals surface area contributed by atoms with Gasteiger partial charge in [0.1, 0.15) is 12.7 Å². The zero-order valence-electron chi connectivity index (χ0n) is 15.2. The molecule has 2 unspecified atom stereocenters. The Hall–Kier alpha value is -2.53. The van der Waals surface area contributed by atoms with E-state index >= 15 is 0 Å². The highest BCUT2D eigenvalue weighted by Crippen LogP contribution is 2.31. The van der Waals surface area contributed by atoms with Gasteiger partial charge >= 0.3 is 0 Å². The highest BCUT2D eigenvalue weighted by atomic mass is 16.5. The van der Waals surface area contributed by atoms with E-state index in [2.05, 4.69) is 5.32 Å². The number of rotatable bonds is 7. The van der Waals surface area contributed by atoms with Gasteiger partial charge in [-0.1, -0.05) is 36.4 Å². The lowest BCUT2D eigenvalue weighted by molar-refractivity contribution is -0.130. The van der Waals surface area contributed by atoms with Crippen LogP contribution in [0.1, 0.15) is 36.9 Å². The van der Waals surface area contributed by atoms with Gasteiger partial charge in [-0.3, -0.25) is 4.79 Å². The van der Waals surface area contributed by atoms with E-state index < -0.39 is 0 Å². The highest BCUT2D eigenvalue weighted by Gasteiger charge is 2.25. The molecule has 0 spiro atoms. The Kier molecular flexibility index (Phi) is 6.12. The number of benzene rings is 2. The second kappa shape index (κ2) is 8.72. The molecule has 1 amide bonds. The maximum Gasteiger partial charge on any atom is 0.249 e. The number of carbonyl (C=O) groups is 1. The van der Waals surface area contributed by atoms with Crippen LogP contribution in [0.4, 0.5) is 0 Å². The van der Waals surface area contributed by atoms with Gasteiger partial charge in [-0.05, 0) is 43.0 Å². The first-order valence-corrected chi connectivity index (χ1v) is 8.94. The number of amides is 1. The summed E-state index contributed by atoms with van der Waals surface area (Å²) in [6, 6.07) is 15.6. The van der Waals surface area contributed by atoms with Crippen molar-refractivity contribution in [1.29, 1.82) is 0 Å². The number of nitrogens with one attached hydrogen (secondary N) is 1. The Morgan fingerprint density at radius 3 is 2.73 bits per heavy atom. The van der Waals surface area contributed by atoms with E-state index in [1.807, 2.05) is 55.5 Å². The van der Waals surface area contributed by atoms with Gasteiger partial charge in [-0.15, -0.1) is 0 Å². The molecule has 138 valence electrons. The second-order valence-corrected chi connectivity index (χ2v) is 6.42. The van der Waals surface area contributed by atoms with Gasteiger partial charge in [-0.2, -0.15) is 0 Å². The number of carbonyl (C=O) groups excluding carboxylic acids is 1. The third-order valence-electron chi connectivity index (χ3n) is 4.51. The molecule has 2 aromatic carbocycles. The van der Waals surface area contributed by atoms with Crippen LogP contribution in [-0.2, 0) is 16.1 Å². The Labute approximate surface area is 154 Å². The summed E-state index contributed by atoms with van der Waals surface area (Å²) in [5.74, 6) is 1.27. The standard InChI is InChI=1S/C21H25NO4/c1-15(22-21(23)19-9-6-12-25-19)17-10-11-18(20(13-17)24-2)26-14-16-7-4-3-5-8-16/h3-5,7-8,10-11,13,15,19H,6,9,12,14H2,1-2H3,(H,22,23). The molecule has 1 N–H and O–H groups in total. The van der Waals surface area contributed by atoms with Crippen LogP contribution in [0.25, 0.3) is 0 Å². The summed E-state index contributed by atoms with van der Waals surface area (Å²) in [6.07, 6.45) is 1.40. The summed E-state index contributed by atoms with van der Waals surface area (Å²) in [4.78, 5) is 12.2. The Bertz CT molecular complexity index is 726. The summed E-state index contributed by atoms with van der Waals surface area (Å²) >= 11 is 0. The molecule has 0 radical (unpaired) electrons. The van der Waals surface area contributed by atoms with E-state index in [1.165, 1.54) is 0 Å². The van der Waals surface area contributed by atoms with Crippen LogP contribution in [0, 0.1) is 0 Å². The molecule has 0 aliphatic carbocycles. The van der Waals surface area contributed by atoms with E-state index in [4.69, 9.17) is 14.2 Å². The van der Waals surface area contributed by atoms with Crippen LogP contribution in [0.15, 0.2) is 48.5 Å². The van der Waals surface area contributed by atoms with Crippen molar-refractivity contribution in [2.45, 2.75) is 38.5 Å². The fourth-order valence-corrected chi connectivity index (χ4v) is 2.98. The minimum Gasteiger partial charge on any atom is -0.493 e. The Balaban J connectivity index is 1.64. The van der Waals surface area contributed by atoms with Gasteiger partial charge in [-0.25, -0.2) is 0 Å². The average molecular weight is 355 g/mol. The number of ether oxygens (including phenoxy) is 3. The quantitative estimate of drug-likeness (QED) is 0.824. The minimum atomic E-state index is -0.326. The van der Waals surface area contributed by atoms with Crippen LogP contribution in [0.5, 0.6) is 11.5 Å². The smallest absolute Gasteiger partial charge is 0.249 e. The number of methoxy groups -OCH3 is 1. The minimum absolute atomic E-state index is 0.0571. The van der Waals surface area contributed by atoms with Gasteiger partial charge < -0.3 is 19.5 Å². The van der Waals surface area contributed by atoms with Crippen LogP contribution in [0.2, 0.25) is 0 Å². The molecule has 0 aromatic heterocycles. The molecule has 1 fully saturated rings. The average Bonchev–Trinajstić information content (AvgIpc) is 3.22. The van der Waals surface area contributed by atoms with Crippen LogP contribution in [-0.4, -0.2) is 25.7 Å². The van der Waals surface area contributed by atoms with Crippen molar-refractivity contribution in [2.75, 3.05) is 13.7 Å². The maximum atomic E-state index is 12.2. The molecule has 5 nitrogen and oxygen atoms in total. The molecule has 0 saturated carbocycles. The van der Waals surface area contributed by atoms with Gasteiger partial charge in [0.25, 0.3) is 0 Å². The van der Waals surface area contributed by atoms with Crippen molar-refractivity contribution in [1.82, 2.24) is 5.32 Å². The molecule has 1 saturated heterocycles. The molecule has 5 heteroatoms. The monoisotopic (exact) mass is 355 g/mol. The highest BCUT2D eigenvalue weighted by molar-refractivity contribution is 5.81. The first-order valence-electron chi connectivity index (χ1n) is 8.94. The molecular formula is C21H25NO4. The van der Waals surface area contributed by atoms with Crippen LogP contribution >= 0.6 is 0 Å². The lowest BCUT2D eigenvalue weighted by atomic mass is 10.1. The third kappa shape index (κ3) is 4.55. The molecule has 1 heterocycles. The van der Waals surface area contributed by atoms with Crippen molar-refractivity contribution in [3.63, 3.8) is 0 Å². The lowest BCUT2D eigenvalue weighted by Crippen LogP contribution is -2.35. The summed E-state index contributed by atoms with van der Waals surface area (Å²) in [5, 5.41) is 3.01. The molecule has 1 aliphatic heterocycles. The normalized spacial score (nSPS) is 17.5. The number of hydrogen-bond donors (Lipinski definition) is 1. The van der Waals surface area contributed by atoms with Crippen molar-refractivity contribution >= 4 is 5.91 Å². The molecule has 26 heavy (non-hydrogen) atoms. The molecule has 2 atom stereocenters. The van der Waals surface area contributed by atoms with Crippen LogP contribution in [0.3, 0.4) is 0 Å². The van der Waals surface area contributed by atoms with E-state index in [0.29, 0.717) is 24.7 Å². The maximum absolute atomic E-state index is 12.2. The predicted molar refractivity (Wildman–Crippen MR) is 99.3 cm³/mol. The van der Waals surface area contributed by atoms with E-state index in [0.717, 1.165) is 24.0 Å². The van der Waals surface area contributed by atoms with Crippen molar-refractivity contribution < 1.29 is 19.0 Å². The number of hydrogen-bond acceptors (Lipinski definition) is 4. The van der Waals surface area contributed by atoms with Gasteiger partial charge in [0.05, 0.1) is 13.2 Å². The first kappa shape index (κ1) is 18.3. The third-order valence-corrected chi connectivity index (χ3v) is 4.51. The fourth-order valence-electron chi connectivity index (χ4n) is 2.98. The second-order valence-electron chi connectivity index (χ2n) is 6.42. The van der Waals surface area contributed by atoms with Gasteiger partial charge in [0, 0.05) is 6.61 Å². The van der Waals surface area contributed by atoms with E-state index in [9.17, 15) is 4.79 Å². The van der Waals surface area contributed by atoms with Crippen LogP contribution < -0.4 is 14.8 Å². The molecule has 0 bridgehead atoms. The van der Waals surface area contributed by atoms with Gasteiger partial charge in [0.15, 0.2) is 11.5 Å². The predicted octanol–water partition coefficient (Wildman–Crippen LogP) is 3.63. The summed E-state index contributed by atoms with van der Waals surface area (Å²) < 4.78 is 16.8. The van der Waals surface area contributed by atoms with Crippen molar-refractivity contribution in [2.24, 2.45) is 0 Å². The largest absolute Gasteiger partial charge is 0.493 e. The molecular weight excluding hydrogens is 330 g/mol. The van der Waals surface area contributed by atoms with Crippen molar-refractivity contribution in [3.05, 3.63) is 59.7 Å². The summed E-state index contributed by atoms with van der Waals surface area (Å²) in [5.41, 5.74) is 2.05. The fraction of sp³-hybridized carbons (Fsp3) is 0.381. The zero-order valence-corrected chi connectivity index (χ0v) is 15.2. The Morgan fingerprint density at radius 2 is 2.04 bits per heavy atom. The summed E-state index contributed by atoms with van der Waals surface area (Å²) in [7, 11) is 1.62. The topological polar surface area (TPSA) is 56.8 Å². The molecule has 1 aliphatic rings. The first-order chi connectivity index (χ1) is 12.7. The van der Waals surface area contributed by atoms with E-state index in [1.54, 1.807) is 7.11 Å². The lowest BCUT2D eigenvalue weighted by Gasteiger charge is -2.19. The van der Waals surface area contributed by atoms with E-state index in [-0.39, 0.29) is 18.1 Å². The zero-order chi connectivity index (χ0) is 18.4. The van der Waals surface area contributed by atoms with Gasteiger partial charge in [0.2, 0.25) is 5.91 Å².